The molecule has 4 aromatic carbocycles. The molecule has 0 N–H and O–H groups in total. The number of benzene rings is 4. The van der Waals surface area contributed by atoms with Crippen molar-refractivity contribution < 1.29 is 0 Å². The first kappa shape index (κ1) is 18.6. The van der Waals surface area contributed by atoms with Crippen molar-refractivity contribution in [3.05, 3.63) is 118 Å². The Morgan fingerprint density at radius 3 is 1.58 bits per heavy atom. The smallest absolute Gasteiger partial charge is 0.0619 e. The lowest BCUT2D eigenvalue weighted by atomic mass is 9.70. The Morgan fingerprint density at radius 2 is 0.935 bits per heavy atom. The van der Waals surface area contributed by atoms with Crippen LogP contribution in [0.4, 0.5) is 0 Å². The molecule has 0 bridgehead atoms. The highest BCUT2D eigenvalue weighted by Gasteiger charge is 2.51. The second-order valence-electron chi connectivity index (χ2n) is 9.76. The first-order valence-electron chi connectivity index (χ1n) is 11.5. The van der Waals surface area contributed by atoms with Gasteiger partial charge in [0.05, 0.1) is 5.41 Å². The number of fused-ring (bicyclic) bond motifs is 10. The molecule has 0 fully saturated rings. The van der Waals surface area contributed by atoms with Crippen molar-refractivity contribution in [1.29, 1.82) is 0 Å². The summed E-state index contributed by atoms with van der Waals surface area (Å²) >= 11 is 0. The maximum absolute atomic E-state index is 2.49. The maximum atomic E-state index is 2.49. The lowest BCUT2D eigenvalue weighted by Gasteiger charge is -2.31. The molecule has 0 nitrogen and oxygen atoms in total. The molecule has 0 aromatic heterocycles. The van der Waals surface area contributed by atoms with E-state index in [1.807, 2.05) is 0 Å². The molecule has 1 spiro atoms. The molecule has 0 heteroatoms. The summed E-state index contributed by atoms with van der Waals surface area (Å²) in [6.45, 7) is 9.16. The van der Waals surface area contributed by atoms with Crippen LogP contribution in [0.2, 0.25) is 0 Å². The van der Waals surface area contributed by atoms with Crippen LogP contribution in [0.5, 0.6) is 0 Å². The van der Waals surface area contributed by atoms with Crippen LogP contribution in [0.3, 0.4) is 0 Å². The highest BCUT2D eigenvalue weighted by Crippen LogP contribution is 2.63. The van der Waals surface area contributed by atoms with Crippen LogP contribution in [0.25, 0.3) is 22.3 Å². The van der Waals surface area contributed by atoms with Crippen LogP contribution >= 0.6 is 0 Å². The molecule has 0 saturated heterocycles. The van der Waals surface area contributed by atoms with Gasteiger partial charge in [0.15, 0.2) is 0 Å². The van der Waals surface area contributed by atoms with E-state index in [1.54, 1.807) is 0 Å². The van der Waals surface area contributed by atoms with Gasteiger partial charge in [-0.1, -0.05) is 113 Å². The average molecular weight is 401 g/mol. The molecule has 6 rings (SSSR count). The fourth-order valence-electron chi connectivity index (χ4n) is 5.90. The van der Waals surface area contributed by atoms with Crippen LogP contribution in [-0.2, 0) is 5.41 Å². The molecule has 31 heavy (non-hydrogen) atoms. The Morgan fingerprint density at radius 1 is 0.452 bits per heavy atom. The summed E-state index contributed by atoms with van der Waals surface area (Å²) in [6, 6.07) is 32.5. The molecule has 2 aliphatic carbocycles. The van der Waals surface area contributed by atoms with Gasteiger partial charge in [0.25, 0.3) is 0 Å². The van der Waals surface area contributed by atoms with E-state index in [0.717, 1.165) is 0 Å². The molecular formula is C31H28. The minimum atomic E-state index is -0.224. The molecule has 0 aliphatic heterocycles. The summed E-state index contributed by atoms with van der Waals surface area (Å²) in [7, 11) is 0. The Hall–Kier alpha value is -3.12. The normalized spacial score (nSPS) is 17.7. The highest BCUT2D eigenvalue weighted by atomic mass is 14.5. The molecule has 0 amide bonds. The van der Waals surface area contributed by atoms with E-state index in [-0.39, 0.29) is 5.41 Å². The second-order valence-corrected chi connectivity index (χ2v) is 9.76. The monoisotopic (exact) mass is 400 g/mol. The van der Waals surface area contributed by atoms with Crippen molar-refractivity contribution in [2.75, 3.05) is 0 Å². The van der Waals surface area contributed by atoms with Gasteiger partial charge in [0.2, 0.25) is 0 Å². The van der Waals surface area contributed by atoms with Crippen molar-refractivity contribution in [2.24, 2.45) is 0 Å². The van der Waals surface area contributed by atoms with Crippen LogP contribution in [0.15, 0.2) is 84.9 Å². The first-order valence-corrected chi connectivity index (χ1v) is 11.5. The van der Waals surface area contributed by atoms with Crippen LogP contribution in [0, 0.1) is 0 Å². The summed E-state index contributed by atoms with van der Waals surface area (Å²) in [5, 5.41) is 0. The van der Waals surface area contributed by atoms with Crippen LogP contribution < -0.4 is 0 Å². The second kappa shape index (κ2) is 6.44. The topological polar surface area (TPSA) is 0 Å². The van der Waals surface area contributed by atoms with Gasteiger partial charge in [0.1, 0.15) is 0 Å². The highest BCUT2D eigenvalue weighted by molar-refractivity contribution is 5.95. The van der Waals surface area contributed by atoms with E-state index < -0.39 is 0 Å². The van der Waals surface area contributed by atoms with Crippen LogP contribution in [-0.4, -0.2) is 0 Å². The third-order valence-electron chi connectivity index (χ3n) is 7.47. The largest absolute Gasteiger partial charge is 0.0725 e. The summed E-state index contributed by atoms with van der Waals surface area (Å²) in [5.74, 6) is 1.02. The van der Waals surface area contributed by atoms with Crippen molar-refractivity contribution >= 4 is 0 Å². The fourth-order valence-corrected chi connectivity index (χ4v) is 5.90. The Kier molecular flexibility index (Phi) is 3.87. The van der Waals surface area contributed by atoms with Gasteiger partial charge >= 0.3 is 0 Å². The zero-order valence-corrected chi connectivity index (χ0v) is 18.7. The van der Waals surface area contributed by atoms with Gasteiger partial charge in [-0.3, -0.25) is 0 Å². The molecule has 2 aliphatic rings. The molecule has 0 radical (unpaired) electrons. The number of rotatable bonds is 2. The summed E-state index contributed by atoms with van der Waals surface area (Å²) in [6.07, 6.45) is 0. The zero-order valence-electron chi connectivity index (χ0n) is 18.7. The van der Waals surface area contributed by atoms with Crippen molar-refractivity contribution in [3.63, 3.8) is 0 Å². The molecule has 152 valence electrons. The van der Waals surface area contributed by atoms with E-state index >= 15 is 0 Å². The van der Waals surface area contributed by atoms with Crippen molar-refractivity contribution in [1.82, 2.24) is 0 Å². The predicted octanol–water partition coefficient (Wildman–Crippen LogP) is 8.28. The average Bonchev–Trinajstić information content (AvgIpc) is 3.25. The Balaban J connectivity index is 1.79. The van der Waals surface area contributed by atoms with Gasteiger partial charge in [-0.25, -0.2) is 0 Å². The maximum Gasteiger partial charge on any atom is 0.0725 e. The van der Waals surface area contributed by atoms with Gasteiger partial charge in [-0.15, -0.1) is 0 Å². The standard InChI is InChI=1S/C31H28/c1-19(2)21-14-16-29-26(17-21)24-10-6-8-12-28(24)31(29)27-11-7-5-9-23(27)25-15-13-22(20(3)4)18-30(25)31/h5-20H,1-4H3. The molecule has 1 atom stereocenters. The van der Waals surface area contributed by atoms with Gasteiger partial charge in [-0.05, 0) is 67.5 Å². The van der Waals surface area contributed by atoms with E-state index in [9.17, 15) is 0 Å². The molecule has 1 unspecified atom stereocenters. The van der Waals surface area contributed by atoms with E-state index in [1.165, 1.54) is 55.6 Å². The lowest BCUT2D eigenvalue weighted by molar-refractivity contribution is 0.782. The Labute approximate surface area is 185 Å². The van der Waals surface area contributed by atoms with Gasteiger partial charge in [0, 0.05) is 0 Å². The summed E-state index contributed by atoms with van der Waals surface area (Å²) in [5.41, 5.74) is 13.9. The Bertz CT molecular complexity index is 1340. The predicted molar refractivity (Wildman–Crippen MR) is 131 cm³/mol. The summed E-state index contributed by atoms with van der Waals surface area (Å²) < 4.78 is 0. The van der Waals surface area contributed by atoms with Gasteiger partial charge in [-0.2, -0.15) is 0 Å². The first-order chi connectivity index (χ1) is 15.0. The molecule has 0 heterocycles. The zero-order chi connectivity index (χ0) is 21.3. The third-order valence-corrected chi connectivity index (χ3v) is 7.47. The van der Waals surface area contributed by atoms with E-state index in [2.05, 4.69) is 113 Å². The van der Waals surface area contributed by atoms with Crippen molar-refractivity contribution in [2.45, 2.75) is 44.9 Å². The number of hydrogen-bond acceptors (Lipinski definition) is 0. The summed E-state index contributed by atoms with van der Waals surface area (Å²) in [4.78, 5) is 0. The molecular weight excluding hydrogens is 372 g/mol. The van der Waals surface area contributed by atoms with Crippen LogP contribution in [0.1, 0.15) is 72.9 Å². The molecule has 4 aromatic rings. The number of hydrogen-bond donors (Lipinski definition) is 0. The third kappa shape index (κ3) is 2.31. The lowest BCUT2D eigenvalue weighted by Crippen LogP contribution is -2.26. The molecule has 0 saturated carbocycles. The fraction of sp³-hybridized carbons (Fsp3) is 0.226. The van der Waals surface area contributed by atoms with Gasteiger partial charge < -0.3 is 0 Å². The van der Waals surface area contributed by atoms with E-state index in [0.29, 0.717) is 11.8 Å². The minimum absolute atomic E-state index is 0.224. The van der Waals surface area contributed by atoms with E-state index in [4.69, 9.17) is 0 Å². The SMILES string of the molecule is CC(C)c1ccc2c(c1)-c1ccccc1C21c2ccccc2-c2ccc(C(C)C)cc21. The van der Waals surface area contributed by atoms with Crippen molar-refractivity contribution in [3.8, 4) is 22.3 Å². The quantitative estimate of drug-likeness (QED) is 0.274. The minimum Gasteiger partial charge on any atom is -0.0619 e.